The maximum absolute atomic E-state index is 11.9. The van der Waals surface area contributed by atoms with Crippen LogP contribution in [-0.2, 0) is 25.8 Å². The van der Waals surface area contributed by atoms with Crippen LogP contribution in [-0.4, -0.2) is 55.5 Å². The Bertz CT molecular complexity index is 759. The molecule has 0 saturated carbocycles. The zero-order valence-electron chi connectivity index (χ0n) is 15.2. The number of aliphatic hydroxyl groups is 1. The molecule has 0 saturated heterocycles. The van der Waals surface area contributed by atoms with E-state index in [0.717, 1.165) is 17.4 Å². The highest BCUT2D eigenvalue weighted by molar-refractivity contribution is 7.92. The van der Waals surface area contributed by atoms with Crippen molar-refractivity contribution in [1.29, 1.82) is 0 Å². The van der Waals surface area contributed by atoms with E-state index in [9.17, 15) is 13.2 Å². The number of hydrogen-bond acceptors (Lipinski definition) is 6. The Morgan fingerprint density at radius 2 is 1.96 bits per heavy atom. The molecule has 7 nitrogen and oxygen atoms in total. The van der Waals surface area contributed by atoms with Crippen molar-refractivity contribution in [3.05, 3.63) is 35.4 Å². The molecule has 1 aromatic rings. The first kappa shape index (κ1) is 22.1. The van der Waals surface area contributed by atoms with Gasteiger partial charge in [0.15, 0.2) is 9.84 Å². The first-order valence-corrected chi connectivity index (χ1v) is 9.92. The normalized spacial score (nSPS) is 14.7. The highest BCUT2D eigenvalue weighted by atomic mass is 32.2. The van der Waals surface area contributed by atoms with Gasteiger partial charge in [0.25, 0.3) is 5.91 Å². The van der Waals surface area contributed by atoms with E-state index in [0.29, 0.717) is 12.8 Å². The molecule has 0 bridgehead atoms. The van der Waals surface area contributed by atoms with E-state index in [2.05, 4.69) is 11.8 Å². The van der Waals surface area contributed by atoms with Crippen LogP contribution in [0.3, 0.4) is 0 Å². The van der Waals surface area contributed by atoms with Crippen molar-refractivity contribution in [2.75, 3.05) is 20.0 Å². The third kappa shape index (κ3) is 5.81. The molecule has 0 heterocycles. The Kier molecular flexibility index (Phi) is 8.24. The predicted octanol–water partition coefficient (Wildman–Crippen LogP) is 0.677. The second kappa shape index (κ2) is 9.69. The van der Waals surface area contributed by atoms with Crippen LogP contribution in [0, 0.1) is 11.8 Å². The lowest BCUT2D eigenvalue weighted by atomic mass is 9.99. The fourth-order valence-electron chi connectivity index (χ4n) is 2.21. The summed E-state index contributed by atoms with van der Waals surface area (Å²) in [6, 6.07) is 7.22. The zero-order valence-corrected chi connectivity index (χ0v) is 16.0. The van der Waals surface area contributed by atoms with Gasteiger partial charge in [0.2, 0.25) is 0 Å². The summed E-state index contributed by atoms with van der Waals surface area (Å²) in [5.41, 5.74) is 3.06. The number of aliphatic hydroxyl groups excluding tert-OH is 1. The summed E-state index contributed by atoms with van der Waals surface area (Å²) < 4.78 is 27.2. The summed E-state index contributed by atoms with van der Waals surface area (Å²) in [5, 5.41) is 17.8. The first-order chi connectivity index (χ1) is 12.2. The van der Waals surface area contributed by atoms with Crippen LogP contribution in [0.2, 0.25) is 0 Å². The molecule has 2 atom stereocenters. The summed E-state index contributed by atoms with van der Waals surface area (Å²) >= 11 is 0. The van der Waals surface area contributed by atoms with E-state index >= 15 is 0 Å². The standard InChI is InChI=1S/C18H25NO6S/c1-18(17(21)19-22,26(3,23)24)12-11-15-9-7-14(8-10-15)5-4-6-16(13-20)25-2/h7-10,16,20,22H,6,11-13H2,1-3H3,(H,19,21). The van der Waals surface area contributed by atoms with E-state index in [4.69, 9.17) is 15.1 Å². The van der Waals surface area contributed by atoms with Crippen molar-refractivity contribution in [1.82, 2.24) is 5.48 Å². The number of hydrogen-bond donors (Lipinski definition) is 3. The van der Waals surface area contributed by atoms with Gasteiger partial charge in [-0.25, -0.2) is 13.9 Å². The molecule has 3 N–H and O–H groups in total. The fourth-order valence-corrected chi connectivity index (χ4v) is 3.07. The highest BCUT2D eigenvalue weighted by Crippen LogP contribution is 2.23. The third-order valence-corrected chi connectivity index (χ3v) is 6.37. The van der Waals surface area contributed by atoms with Gasteiger partial charge < -0.3 is 9.84 Å². The van der Waals surface area contributed by atoms with E-state index in [1.807, 2.05) is 12.1 Å². The number of methoxy groups -OCH3 is 1. The average molecular weight is 383 g/mol. The van der Waals surface area contributed by atoms with Gasteiger partial charge in [-0.2, -0.15) is 0 Å². The van der Waals surface area contributed by atoms with Gasteiger partial charge >= 0.3 is 0 Å². The molecule has 1 aromatic carbocycles. The molecule has 0 aliphatic heterocycles. The minimum Gasteiger partial charge on any atom is -0.394 e. The van der Waals surface area contributed by atoms with Crippen molar-refractivity contribution in [3.63, 3.8) is 0 Å². The second-order valence-electron chi connectivity index (χ2n) is 6.19. The smallest absolute Gasteiger partial charge is 0.264 e. The largest absolute Gasteiger partial charge is 0.394 e. The van der Waals surface area contributed by atoms with Crippen molar-refractivity contribution in [3.8, 4) is 11.8 Å². The summed E-state index contributed by atoms with van der Waals surface area (Å²) in [6.07, 6.45) is 1.46. The van der Waals surface area contributed by atoms with Crippen LogP contribution in [0.5, 0.6) is 0 Å². The van der Waals surface area contributed by atoms with E-state index in [-0.39, 0.29) is 19.1 Å². The van der Waals surface area contributed by atoms with Gasteiger partial charge in [-0.15, -0.1) is 0 Å². The Balaban J connectivity index is 2.78. The number of hydroxylamine groups is 1. The topological polar surface area (TPSA) is 113 Å². The Morgan fingerprint density at radius 1 is 1.35 bits per heavy atom. The van der Waals surface area contributed by atoms with Gasteiger partial charge in [0.05, 0.1) is 12.7 Å². The molecule has 1 amide bonds. The number of nitrogens with one attached hydrogen (secondary N) is 1. The van der Waals surface area contributed by atoms with Gasteiger partial charge in [-0.05, 0) is 37.5 Å². The Hall–Kier alpha value is -1.92. The number of benzene rings is 1. The molecule has 2 unspecified atom stereocenters. The molecule has 144 valence electrons. The molecular weight excluding hydrogens is 358 g/mol. The number of carbonyl (C=O) groups is 1. The Morgan fingerprint density at radius 3 is 2.42 bits per heavy atom. The number of aryl methyl sites for hydroxylation is 1. The lowest BCUT2D eigenvalue weighted by Gasteiger charge is -2.25. The van der Waals surface area contributed by atoms with Gasteiger partial charge in [0.1, 0.15) is 4.75 Å². The molecular formula is C18H25NO6S. The average Bonchev–Trinajstić information content (AvgIpc) is 2.62. The van der Waals surface area contributed by atoms with Crippen LogP contribution < -0.4 is 5.48 Å². The second-order valence-corrected chi connectivity index (χ2v) is 8.63. The number of amides is 1. The van der Waals surface area contributed by atoms with Gasteiger partial charge in [-0.3, -0.25) is 10.0 Å². The highest BCUT2D eigenvalue weighted by Gasteiger charge is 2.43. The number of rotatable bonds is 8. The van der Waals surface area contributed by atoms with Crippen molar-refractivity contribution >= 4 is 15.7 Å². The van der Waals surface area contributed by atoms with Crippen LogP contribution >= 0.6 is 0 Å². The molecule has 0 spiro atoms. The minimum absolute atomic E-state index is 0.0370. The van der Waals surface area contributed by atoms with Crippen LogP contribution in [0.15, 0.2) is 24.3 Å². The lowest BCUT2D eigenvalue weighted by molar-refractivity contribution is -0.131. The molecule has 0 aromatic heterocycles. The van der Waals surface area contributed by atoms with Gasteiger partial charge in [0, 0.05) is 25.3 Å². The van der Waals surface area contributed by atoms with Crippen molar-refractivity contribution in [2.24, 2.45) is 0 Å². The monoisotopic (exact) mass is 383 g/mol. The van der Waals surface area contributed by atoms with Crippen LogP contribution in [0.1, 0.15) is 30.9 Å². The van der Waals surface area contributed by atoms with Crippen molar-refractivity contribution < 1.29 is 28.3 Å². The van der Waals surface area contributed by atoms with Crippen LogP contribution in [0.4, 0.5) is 0 Å². The van der Waals surface area contributed by atoms with Crippen molar-refractivity contribution in [2.45, 2.75) is 37.0 Å². The summed E-state index contributed by atoms with van der Waals surface area (Å²) in [4.78, 5) is 11.8. The fraction of sp³-hybridized carbons (Fsp3) is 0.500. The quantitative estimate of drug-likeness (QED) is 0.346. The number of carbonyl (C=O) groups excluding carboxylic acids is 1. The third-order valence-electron chi connectivity index (χ3n) is 4.34. The van der Waals surface area contributed by atoms with Gasteiger partial charge in [-0.1, -0.05) is 24.0 Å². The minimum atomic E-state index is -3.71. The van der Waals surface area contributed by atoms with E-state index in [1.54, 1.807) is 12.1 Å². The lowest BCUT2D eigenvalue weighted by Crippen LogP contribution is -2.49. The Labute approximate surface area is 154 Å². The molecule has 0 fully saturated rings. The first-order valence-electron chi connectivity index (χ1n) is 8.03. The number of sulfone groups is 1. The summed E-state index contributed by atoms with van der Waals surface area (Å²) in [7, 11) is -2.19. The maximum Gasteiger partial charge on any atom is 0.264 e. The maximum atomic E-state index is 11.9. The molecule has 0 aliphatic rings. The molecule has 26 heavy (non-hydrogen) atoms. The van der Waals surface area contributed by atoms with E-state index < -0.39 is 20.5 Å². The molecule has 0 aliphatic carbocycles. The van der Waals surface area contributed by atoms with Crippen LogP contribution in [0.25, 0.3) is 0 Å². The van der Waals surface area contributed by atoms with E-state index in [1.165, 1.54) is 19.5 Å². The summed E-state index contributed by atoms with van der Waals surface area (Å²) in [5.74, 6) is 4.94. The SMILES string of the molecule is COC(CO)CC#Cc1ccc(CCC(C)(C(=O)NO)S(C)(=O)=O)cc1. The molecule has 0 radical (unpaired) electrons. The molecule has 8 heteroatoms. The number of ether oxygens (including phenoxy) is 1. The summed E-state index contributed by atoms with van der Waals surface area (Å²) in [6.45, 7) is 1.20. The molecule has 1 rings (SSSR count). The predicted molar refractivity (Wildman–Crippen MR) is 97.3 cm³/mol. The zero-order chi connectivity index (χ0) is 19.8.